The minimum absolute atomic E-state index is 0.135. The van der Waals surface area contributed by atoms with E-state index in [1.54, 1.807) is 31.3 Å². The van der Waals surface area contributed by atoms with E-state index < -0.39 is 11.5 Å². The minimum atomic E-state index is -0.598. The number of carbonyl (C=O) groups is 1. The van der Waals surface area contributed by atoms with Crippen molar-refractivity contribution < 1.29 is 9.53 Å². The number of carbonyl (C=O) groups excluding carboxylic acids is 1. The van der Waals surface area contributed by atoms with Crippen molar-refractivity contribution in [2.75, 3.05) is 6.61 Å². The van der Waals surface area contributed by atoms with Gasteiger partial charge in [0.15, 0.2) is 0 Å². The Hall–Kier alpha value is -2.94. The number of hydrogen-bond acceptors (Lipinski definition) is 5. The van der Waals surface area contributed by atoms with Gasteiger partial charge in [-0.2, -0.15) is 5.26 Å². The molecule has 0 radical (unpaired) electrons. The van der Waals surface area contributed by atoms with E-state index in [9.17, 15) is 9.59 Å². The van der Waals surface area contributed by atoms with Gasteiger partial charge in [0, 0.05) is 18.0 Å². The van der Waals surface area contributed by atoms with Crippen molar-refractivity contribution in [2.45, 2.75) is 6.92 Å². The fourth-order valence-electron chi connectivity index (χ4n) is 1.72. The second-order valence-corrected chi connectivity index (χ2v) is 3.87. The first-order valence-electron chi connectivity index (χ1n) is 5.92. The van der Waals surface area contributed by atoms with Gasteiger partial charge in [0.05, 0.1) is 17.9 Å². The third-order valence-electron chi connectivity index (χ3n) is 2.61. The topological polar surface area (TPSA) is 95.8 Å². The summed E-state index contributed by atoms with van der Waals surface area (Å²) in [5, 5.41) is 8.88. The summed E-state index contributed by atoms with van der Waals surface area (Å²) in [6.07, 6.45) is 3.09. The van der Waals surface area contributed by atoms with E-state index in [2.05, 4.69) is 9.97 Å². The molecular formula is C14H11N3O3. The number of nitrogens with one attached hydrogen (secondary N) is 1. The van der Waals surface area contributed by atoms with Crippen molar-refractivity contribution >= 4 is 5.97 Å². The molecule has 0 aliphatic carbocycles. The predicted octanol–water partition coefficient (Wildman–Crippen LogP) is 1.49. The van der Waals surface area contributed by atoms with Crippen LogP contribution >= 0.6 is 0 Å². The highest BCUT2D eigenvalue weighted by atomic mass is 16.5. The average Bonchev–Trinajstić information content (AvgIpc) is 2.48. The molecule has 6 nitrogen and oxygen atoms in total. The maximum atomic E-state index is 11.9. The molecule has 2 aromatic rings. The lowest BCUT2D eigenvalue weighted by molar-refractivity contribution is 0.0527. The number of rotatable bonds is 3. The number of nitrogens with zero attached hydrogens (tertiary/aromatic N) is 2. The number of H-pyrrole nitrogens is 1. The molecule has 6 heteroatoms. The van der Waals surface area contributed by atoms with E-state index >= 15 is 0 Å². The molecule has 0 saturated carbocycles. The molecule has 2 heterocycles. The third kappa shape index (κ3) is 2.57. The molecule has 0 fully saturated rings. The summed E-state index contributed by atoms with van der Waals surface area (Å²) < 4.78 is 4.94. The van der Waals surface area contributed by atoms with Crippen LogP contribution in [0.3, 0.4) is 0 Å². The summed E-state index contributed by atoms with van der Waals surface area (Å²) >= 11 is 0. The molecule has 1 N–H and O–H groups in total. The molecule has 0 saturated heterocycles. The van der Waals surface area contributed by atoms with Crippen LogP contribution in [0.5, 0.6) is 0 Å². The largest absolute Gasteiger partial charge is 0.462 e. The van der Waals surface area contributed by atoms with Crippen molar-refractivity contribution in [3.63, 3.8) is 0 Å². The van der Waals surface area contributed by atoms with Crippen LogP contribution < -0.4 is 5.56 Å². The second-order valence-electron chi connectivity index (χ2n) is 3.87. The number of nitriles is 1. The van der Waals surface area contributed by atoms with E-state index in [4.69, 9.17) is 10.00 Å². The summed E-state index contributed by atoms with van der Waals surface area (Å²) in [5.74, 6) is -0.598. The van der Waals surface area contributed by atoms with E-state index in [0.717, 1.165) is 0 Å². The molecule has 0 aromatic carbocycles. The highest BCUT2D eigenvalue weighted by molar-refractivity contribution is 5.96. The van der Waals surface area contributed by atoms with Crippen LogP contribution in [0.25, 0.3) is 11.3 Å². The fourth-order valence-corrected chi connectivity index (χ4v) is 1.72. The SMILES string of the molecule is CCOC(=O)c1cc(C#N)c(=O)[nH]c1-c1cccnc1. The lowest BCUT2D eigenvalue weighted by Crippen LogP contribution is -2.17. The molecule has 0 bridgehead atoms. The van der Waals surface area contributed by atoms with Crippen molar-refractivity contribution in [2.24, 2.45) is 0 Å². The molecular weight excluding hydrogens is 258 g/mol. The number of aromatic nitrogens is 2. The Labute approximate surface area is 114 Å². The highest BCUT2D eigenvalue weighted by Crippen LogP contribution is 2.20. The van der Waals surface area contributed by atoms with E-state index in [1.807, 2.05) is 0 Å². The minimum Gasteiger partial charge on any atom is -0.462 e. The zero-order valence-electron chi connectivity index (χ0n) is 10.7. The Bertz CT molecular complexity index is 730. The van der Waals surface area contributed by atoms with Gasteiger partial charge in [-0.3, -0.25) is 9.78 Å². The third-order valence-corrected chi connectivity index (χ3v) is 2.61. The number of aromatic amines is 1. The first-order chi connectivity index (χ1) is 9.67. The Kier molecular flexibility index (Phi) is 3.91. The molecule has 0 unspecified atom stereocenters. The second kappa shape index (κ2) is 5.80. The summed E-state index contributed by atoms with van der Waals surface area (Å²) in [6.45, 7) is 1.88. The van der Waals surface area contributed by atoms with Crippen LogP contribution in [0, 0.1) is 11.3 Å². The first kappa shape index (κ1) is 13.5. The van der Waals surface area contributed by atoms with E-state index in [-0.39, 0.29) is 17.7 Å². The number of hydrogen-bond donors (Lipinski definition) is 1. The number of pyridine rings is 2. The quantitative estimate of drug-likeness (QED) is 0.851. The molecule has 2 aromatic heterocycles. The van der Waals surface area contributed by atoms with Gasteiger partial charge in [0.2, 0.25) is 0 Å². The van der Waals surface area contributed by atoms with Gasteiger partial charge in [0.1, 0.15) is 11.6 Å². The number of esters is 1. The summed E-state index contributed by atoms with van der Waals surface area (Å²) in [7, 11) is 0. The molecule has 2 rings (SSSR count). The van der Waals surface area contributed by atoms with Crippen molar-refractivity contribution in [3.8, 4) is 17.3 Å². The van der Waals surface area contributed by atoms with Crippen molar-refractivity contribution in [1.82, 2.24) is 9.97 Å². The summed E-state index contributed by atoms with van der Waals surface area (Å²) in [4.78, 5) is 30.1. The van der Waals surface area contributed by atoms with Crippen LogP contribution in [0.4, 0.5) is 0 Å². The van der Waals surface area contributed by atoms with Gasteiger partial charge >= 0.3 is 5.97 Å². The van der Waals surface area contributed by atoms with Gasteiger partial charge in [0.25, 0.3) is 5.56 Å². The summed E-state index contributed by atoms with van der Waals surface area (Å²) in [6, 6.07) is 6.36. The Balaban J connectivity index is 2.67. The van der Waals surface area contributed by atoms with Crippen LogP contribution in [0.2, 0.25) is 0 Å². The van der Waals surface area contributed by atoms with Crippen molar-refractivity contribution in [3.05, 3.63) is 52.1 Å². The smallest absolute Gasteiger partial charge is 0.340 e. The first-order valence-corrected chi connectivity index (χ1v) is 5.92. The lowest BCUT2D eigenvalue weighted by Gasteiger charge is -2.08. The molecule has 0 aliphatic heterocycles. The van der Waals surface area contributed by atoms with Crippen molar-refractivity contribution in [1.29, 1.82) is 5.26 Å². The van der Waals surface area contributed by atoms with Gasteiger partial charge in [-0.1, -0.05) is 0 Å². The van der Waals surface area contributed by atoms with E-state index in [1.165, 1.54) is 12.3 Å². The summed E-state index contributed by atoms with van der Waals surface area (Å²) in [5.41, 5.74) is 0.300. The monoisotopic (exact) mass is 269 g/mol. The Morgan fingerprint density at radius 2 is 2.35 bits per heavy atom. The predicted molar refractivity (Wildman–Crippen MR) is 71.0 cm³/mol. The Morgan fingerprint density at radius 1 is 1.55 bits per heavy atom. The molecule has 0 aliphatic rings. The highest BCUT2D eigenvalue weighted by Gasteiger charge is 2.17. The van der Waals surface area contributed by atoms with Crippen LogP contribution in [-0.2, 0) is 4.74 Å². The van der Waals surface area contributed by atoms with Crippen LogP contribution in [0.1, 0.15) is 22.8 Å². The standard InChI is InChI=1S/C14H11N3O3/c1-2-20-14(19)11-6-10(7-15)13(18)17-12(11)9-4-3-5-16-8-9/h3-6,8H,2H2,1H3,(H,17,18). The molecule has 20 heavy (non-hydrogen) atoms. The molecule has 0 atom stereocenters. The van der Waals surface area contributed by atoms with Gasteiger partial charge < -0.3 is 9.72 Å². The zero-order chi connectivity index (χ0) is 14.5. The maximum Gasteiger partial charge on any atom is 0.340 e. The van der Waals surface area contributed by atoms with Crippen LogP contribution in [0.15, 0.2) is 35.4 Å². The van der Waals surface area contributed by atoms with Gasteiger partial charge in [-0.05, 0) is 25.1 Å². The Morgan fingerprint density at radius 3 is 2.95 bits per heavy atom. The van der Waals surface area contributed by atoms with Crippen LogP contribution in [-0.4, -0.2) is 22.5 Å². The zero-order valence-corrected chi connectivity index (χ0v) is 10.7. The average molecular weight is 269 g/mol. The fraction of sp³-hybridized carbons (Fsp3) is 0.143. The maximum absolute atomic E-state index is 11.9. The van der Waals surface area contributed by atoms with Gasteiger partial charge in [-0.25, -0.2) is 4.79 Å². The molecule has 0 spiro atoms. The van der Waals surface area contributed by atoms with E-state index in [0.29, 0.717) is 11.3 Å². The number of ether oxygens (including phenoxy) is 1. The molecule has 100 valence electrons. The lowest BCUT2D eigenvalue weighted by atomic mass is 10.1. The molecule has 0 amide bonds. The normalized spacial score (nSPS) is 9.80. The van der Waals surface area contributed by atoms with Gasteiger partial charge in [-0.15, -0.1) is 0 Å².